The summed E-state index contributed by atoms with van der Waals surface area (Å²) in [6.07, 6.45) is 0. The van der Waals surface area contributed by atoms with Crippen LogP contribution in [0.25, 0.3) is 128 Å². The molecule has 13 aromatic rings. The molecule has 0 spiro atoms. The maximum atomic E-state index is 6.43. The summed E-state index contributed by atoms with van der Waals surface area (Å²) in [5, 5.41) is 7.92. The van der Waals surface area contributed by atoms with Gasteiger partial charge in [0, 0.05) is 60.1 Å². The van der Waals surface area contributed by atoms with E-state index in [9.17, 15) is 0 Å². The quantitative estimate of drug-likeness (QED) is 0.156. The largest absolute Gasteiger partial charge is 0.455 e. The molecular formula is C58H35N5O. The average molecular weight is 818 g/mol. The highest BCUT2D eigenvalue weighted by Crippen LogP contribution is 2.43. The van der Waals surface area contributed by atoms with Gasteiger partial charge >= 0.3 is 0 Å². The number of furan rings is 1. The molecule has 298 valence electrons. The Morgan fingerprint density at radius 2 is 0.938 bits per heavy atom. The van der Waals surface area contributed by atoms with Gasteiger partial charge in [-0.2, -0.15) is 0 Å². The van der Waals surface area contributed by atoms with Crippen LogP contribution in [0.3, 0.4) is 0 Å². The number of pyridine rings is 1. The first kappa shape index (κ1) is 36.0. The summed E-state index contributed by atoms with van der Waals surface area (Å²) in [7, 11) is 0. The highest BCUT2D eigenvalue weighted by molar-refractivity contribution is 6.27. The molecule has 6 nitrogen and oxygen atoms in total. The van der Waals surface area contributed by atoms with Gasteiger partial charge in [-0.1, -0.05) is 176 Å². The molecule has 0 atom stereocenters. The summed E-state index contributed by atoms with van der Waals surface area (Å²) in [5.41, 5.74) is 12.8. The maximum Gasteiger partial charge on any atom is 0.167 e. The minimum atomic E-state index is 0.556. The molecule has 6 heteroatoms. The summed E-state index contributed by atoms with van der Waals surface area (Å²) in [6, 6.07) is 73.9. The van der Waals surface area contributed by atoms with Crippen LogP contribution in [0.4, 0.5) is 0 Å². The van der Waals surface area contributed by atoms with Crippen LogP contribution in [-0.2, 0) is 0 Å². The number of rotatable bonds is 6. The van der Waals surface area contributed by atoms with Crippen LogP contribution >= 0.6 is 0 Å². The topological polar surface area (TPSA) is 69.6 Å². The number of aromatic nitrogens is 5. The molecule has 0 unspecified atom stereocenters. The third-order valence-electron chi connectivity index (χ3n) is 12.4. The Morgan fingerprint density at radius 1 is 0.359 bits per heavy atom. The van der Waals surface area contributed by atoms with Crippen molar-refractivity contribution in [1.29, 1.82) is 0 Å². The van der Waals surface area contributed by atoms with Crippen LogP contribution in [0.5, 0.6) is 0 Å². The summed E-state index contributed by atoms with van der Waals surface area (Å²) >= 11 is 0. The molecular weight excluding hydrogens is 783 g/mol. The number of para-hydroxylation sites is 4. The Labute approximate surface area is 367 Å². The SMILES string of the molecule is c1ccc(-c2nc(-c3ccc(-c4ccc5c(c4)nc(-c4ccccc4)c4ccc6c7ccccc7n(-c7ccccc7)c6c45)cc3)nc(-c3cccc4c3oc3ccccc34)n2)cc1. The molecule has 0 radical (unpaired) electrons. The second-order valence-electron chi connectivity index (χ2n) is 16.2. The average Bonchev–Trinajstić information content (AvgIpc) is 3.93. The van der Waals surface area contributed by atoms with Crippen molar-refractivity contribution in [2.45, 2.75) is 0 Å². The Kier molecular flexibility index (Phi) is 8.11. The summed E-state index contributed by atoms with van der Waals surface area (Å²) in [4.78, 5) is 20.6. The standard InChI is InChI=1S/C58H35N5O/c1-4-15-37(16-5-1)53-47-34-33-44-42-21-10-12-25-50(42)63(41-19-8-3-9-20-41)54(44)52(47)46-32-31-40(35-49(46)59-53)36-27-29-39(30-28-36)57-60-56(38-17-6-2-7-18-38)61-58(62-57)48-24-14-23-45-43-22-11-13-26-51(43)64-55(45)48/h1-35H. The van der Waals surface area contributed by atoms with Crippen molar-refractivity contribution >= 4 is 65.4 Å². The van der Waals surface area contributed by atoms with E-state index in [2.05, 4.69) is 156 Å². The zero-order chi connectivity index (χ0) is 42.1. The van der Waals surface area contributed by atoms with Crippen molar-refractivity contribution in [1.82, 2.24) is 24.5 Å². The van der Waals surface area contributed by atoms with Crippen molar-refractivity contribution in [3.05, 3.63) is 212 Å². The molecule has 0 N–H and O–H groups in total. The van der Waals surface area contributed by atoms with Crippen LogP contribution in [0, 0.1) is 0 Å². The fourth-order valence-corrected chi connectivity index (χ4v) is 9.46. The van der Waals surface area contributed by atoms with Crippen LogP contribution in [0.2, 0.25) is 0 Å². The predicted molar refractivity (Wildman–Crippen MR) is 261 cm³/mol. The molecule has 64 heavy (non-hydrogen) atoms. The predicted octanol–water partition coefficient (Wildman–Crippen LogP) is 14.9. The van der Waals surface area contributed by atoms with Gasteiger partial charge in [0.15, 0.2) is 17.5 Å². The summed E-state index contributed by atoms with van der Waals surface area (Å²) in [6.45, 7) is 0. The molecule has 0 saturated carbocycles. The van der Waals surface area contributed by atoms with E-state index in [1.54, 1.807) is 0 Å². The number of hydrogen-bond donors (Lipinski definition) is 0. The first-order chi connectivity index (χ1) is 31.7. The van der Waals surface area contributed by atoms with E-state index in [4.69, 9.17) is 24.4 Å². The van der Waals surface area contributed by atoms with Crippen LogP contribution < -0.4 is 0 Å². The van der Waals surface area contributed by atoms with Crippen molar-refractivity contribution in [3.63, 3.8) is 0 Å². The Hall–Kier alpha value is -8.74. The Bertz CT molecular complexity index is 3930. The number of hydrogen-bond acceptors (Lipinski definition) is 5. The summed E-state index contributed by atoms with van der Waals surface area (Å²) < 4.78 is 8.85. The van der Waals surface area contributed by atoms with Gasteiger partial charge in [-0.3, -0.25) is 0 Å². The molecule has 4 aromatic heterocycles. The molecule has 0 fully saturated rings. The van der Waals surface area contributed by atoms with Crippen molar-refractivity contribution in [2.75, 3.05) is 0 Å². The van der Waals surface area contributed by atoms with E-state index in [-0.39, 0.29) is 0 Å². The van der Waals surface area contributed by atoms with Gasteiger partial charge in [0.1, 0.15) is 11.2 Å². The molecule has 13 rings (SSSR count). The number of fused-ring (bicyclic) bond motifs is 10. The fourth-order valence-electron chi connectivity index (χ4n) is 9.46. The van der Waals surface area contributed by atoms with Crippen LogP contribution in [0.15, 0.2) is 217 Å². The van der Waals surface area contributed by atoms with Crippen LogP contribution in [-0.4, -0.2) is 24.5 Å². The molecule has 0 bridgehead atoms. The third-order valence-corrected chi connectivity index (χ3v) is 12.4. The molecule has 4 heterocycles. The van der Waals surface area contributed by atoms with Crippen molar-refractivity contribution in [3.8, 4) is 62.2 Å². The van der Waals surface area contributed by atoms with Gasteiger partial charge < -0.3 is 8.98 Å². The molecule has 0 aliphatic carbocycles. The first-order valence-electron chi connectivity index (χ1n) is 21.5. The molecule has 0 saturated heterocycles. The monoisotopic (exact) mass is 817 g/mol. The van der Waals surface area contributed by atoms with E-state index in [1.807, 2.05) is 60.7 Å². The lowest BCUT2D eigenvalue weighted by atomic mass is 9.95. The van der Waals surface area contributed by atoms with Gasteiger partial charge in [0.2, 0.25) is 0 Å². The van der Waals surface area contributed by atoms with Gasteiger partial charge in [-0.05, 0) is 47.5 Å². The van der Waals surface area contributed by atoms with E-state index in [0.717, 1.165) is 83.0 Å². The van der Waals surface area contributed by atoms with E-state index < -0.39 is 0 Å². The summed E-state index contributed by atoms with van der Waals surface area (Å²) in [5.74, 6) is 1.74. The highest BCUT2D eigenvalue weighted by atomic mass is 16.3. The molecule has 0 aliphatic heterocycles. The van der Waals surface area contributed by atoms with E-state index in [0.29, 0.717) is 17.5 Å². The zero-order valence-electron chi connectivity index (χ0n) is 34.4. The molecule has 0 aliphatic rings. The van der Waals surface area contributed by atoms with Gasteiger partial charge in [-0.25, -0.2) is 19.9 Å². The Morgan fingerprint density at radius 3 is 1.72 bits per heavy atom. The minimum Gasteiger partial charge on any atom is -0.455 e. The van der Waals surface area contributed by atoms with Gasteiger partial charge in [0.05, 0.1) is 27.8 Å². The lowest BCUT2D eigenvalue weighted by Gasteiger charge is -2.15. The van der Waals surface area contributed by atoms with Crippen LogP contribution in [0.1, 0.15) is 0 Å². The van der Waals surface area contributed by atoms with E-state index >= 15 is 0 Å². The molecule has 0 amide bonds. The minimum absolute atomic E-state index is 0.556. The maximum absolute atomic E-state index is 6.43. The third kappa shape index (κ3) is 5.73. The fraction of sp³-hybridized carbons (Fsp3) is 0. The lowest BCUT2D eigenvalue weighted by Crippen LogP contribution is -2.00. The second kappa shape index (κ2) is 14.4. The smallest absolute Gasteiger partial charge is 0.167 e. The van der Waals surface area contributed by atoms with Crippen molar-refractivity contribution in [2.24, 2.45) is 0 Å². The number of benzene rings is 9. The van der Waals surface area contributed by atoms with Gasteiger partial charge in [0.25, 0.3) is 0 Å². The number of nitrogens with zero attached hydrogens (tertiary/aromatic N) is 5. The lowest BCUT2D eigenvalue weighted by molar-refractivity contribution is 0.669. The first-order valence-corrected chi connectivity index (χ1v) is 21.5. The Balaban J connectivity index is 0.974. The van der Waals surface area contributed by atoms with Crippen molar-refractivity contribution < 1.29 is 4.42 Å². The highest BCUT2D eigenvalue weighted by Gasteiger charge is 2.21. The molecule has 9 aromatic carbocycles. The van der Waals surface area contributed by atoms with Gasteiger partial charge in [-0.15, -0.1) is 0 Å². The van der Waals surface area contributed by atoms with E-state index in [1.165, 1.54) is 27.2 Å². The zero-order valence-corrected chi connectivity index (χ0v) is 34.4. The normalized spacial score (nSPS) is 11.8. The second-order valence-corrected chi connectivity index (χ2v) is 16.2.